The first-order valence-corrected chi connectivity index (χ1v) is 5.96. The number of aliphatic hydroxyl groups is 1. The molecule has 0 aliphatic carbocycles. The van der Waals surface area contributed by atoms with Gasteiger partial charge in [-0.15, -0.1) is 0 Å². The van der Waals surface area contributed by atoms with E-state index in [1.54, 1.807) is 0 Å². The Kier molecular flexibility index (Phi) is 4.14. The largest absolute Gasteiger partial charge is 0.393 e. The molecule has 0 bridgehead atoms. The topological polar surface area (TPSA) is 32.3 Å². The molecule has 2 heteroatoms. The Hall–Kier alpha value is -1.12. The molecule has 2 nitrogen and oxygen atoms in total. The third-order valence-electron chi connectivity index (χ3n) is 3.12. The molecule has 1 aromatic rings. The van der Waals surface area contributed by atoms with Crippen molar-refractivity contribution in [3.63, 3.8) is 0 Å². The van der Waals surface area contributed by atoms with Crippen molar-refractivity contribution >= 4 is 6.08 Å². The molecule has 1 aliphatic rings. The van der Waals surface area contributed by atoms with Crippen LogP contribution in [0.15, 0.2) is 36.4 Å². The molecule has 2 atom stereocenters. The number of hydrogen-bond donors (Lipinski definition) is 2. The maximum absolute atomic E-state index is 9.79. The van der Waals surface area contributed by atoms with Crippen LogP contribution in [0.4, 0.5) is 0 Å². The second kappa shape index (κ2) is 5.83. The summed E-state index contributed by atoms with van der Waals surface area (Å²) in [5.74, 6) is 0.369. The van der Waals surface area contributed by atoms with Gasteiger partial charge in [0, 0.05) is 12.5 Å². The summed E-state index contributed by atoms with van der Waals surface area (Å²) in [5, 5.41) is 13.1. The summed E-state index contributed by atoms with van der Waals surface area (Å²) in [7, 11) is 0. The molecule has 2 N–H and O–H groups in total. The zero-order valence-corrected chi connectivity index (χ0v) is 9.47. The summed E-state index contributed by atoms with van der Waals surface area (Å²) in [4.78, 5) is 0. The highest BCUT2D eigenvalue weighted by molar-refractivity contribution is 5.48. The molecule has 0 spiro atoms. The fraction of sp³-hybridized carbons (Fsp3) is 0.429. The first kappa shape index (κ1) is 11.4. The molecule has 0 saturated carbocycles. The van der Waals surface area contributed by atoms with Crippen LogP contribution in [-0.2, 0) is 0 Å². The van der Waals surface area contributed by atoms with E-state index >= 15 is 0 Å². The van der Waals surface area contributed by atoms with E-state index < -0.39 is 0 Å². The maximum Gasteiger partial charge on any atom is 0.0595 e. The Morgan fingerprint density at radius 3 is 2.88 bits per heavy atom. The second-order valence-electron chi connectivity index (χ2n) is 4.37. The van der Waals surface area contributed by atoms with Crippen LogP contribution in [0, 0.1) is 5.92 Å². The van der Waals surface area contributed by atoms with Crippen LogP contribution in [0.25, 0.3) is 6.08 Å². The highest BCUT2D eigenvalue weighted by atomic mass is 16.3. The lowest BCUT2D eigenvalue weighted by Gasteiger charge is -2.27. The van der Waals surface area contributed by atoms with Gasteiger partial charge in [0.1, 0.15) is 0 Å². The van der Waals surface area contributed by atoms with Gasteiger partial charge in [-0.05, 0) is 24.9 Å². The molecular formula is C14H19NO. The summed E-state index contributed by atoms with van der Waals surface area (Å²) in [6.07, 6.45) is 5.98. The van der Waals surface area contributed by atoms with Gasteiger partial charge in [-0.2, -0.15) is 0 Å². The third-order valence-corrected chi connectivity index (χ3v) is 3.12. The van der Waals surface area contributed by atoms with Gasteiger partial charge in [-0.1, -0.05) is 42.5 Å². The van der Waals surface area contributed by atoms with Gasteiger partial charge in [-0.3, -0.25) is 0 Å². The normalized spacial score (nSPS) is 26.1. The number of hydrogen-bond acceptors (Lipinski definition) is 2. The Morgan fingerprint density at radius 1 is 1.31 bits per heavy atom. The summed E-state index contributed by atoms with van der Waals surface area (Å²) in [6.45, 7) is 1.88. The molecular weight excluding hydrogens is 198 g/mol. The van der Waals surface area contributed by atoms with Gasteiger partial charge in [0.2, 0.25) is 0 Å². The van der Waals surface area contributed by atoms with Crippen LogP contribution in [0.1, 0.15) is 18.4 Å². The van der Waals surface area contributed by atoms with Gasteiger partial charge in [0.15, 0.2) is 0 Å². The maximum atomic E-state index is 9.79. The van der Waals surface area contributed by atoms with Gasteiger partial charge < -0.3 is 10.4 Å². The Morgan fingerprint density at radius 2 is 2.12 bits per heavy atom. The second-order valence-corrected chi connectivity index (χ2v) is 4.37. The fourth-order valence-corrected chi connectivity index (χ4v) is 2.09. The van der Waals surface area contributed by atoms with Crippen LogP contribution in [0.2, 0.25) is 0 Å². The van der Waals surface area contributed by atoms with Crippen molar-refractivity contribution in [1.29, 1.82) is 0 Å². The summed E-state index contributed by atoms with van der Waals surface area (Å²) in [6, 6.07) is 10.3. The van der Waals surface area contributed by atoms with E-state index in [4.69, 9.17) is 0 Å². The van der Waals surface area contributed by atoms with Crippen molar-refractivity contribution in [2.75, 3.05) is 13.1 Å². The Bertz CT molecular complexity index is 334. The van der Waals surface area contributed by atoms with E-state index in [0.29, 0.717) is 5.92 Å². The minimum absolute atomic E-state index is 0.137. The van der Waals surface area contributed by atoms with Gasteiger partial charge in [-0.25, -0.2) is 0 Å². The molecule has 0 aromatic heterocycles. The van der Waals surface area contributed by atoms with E-state index in [1.807, 2.05) is 18.2 Å². The molecule has 1 aromatic carbocycles. The average molecular weight is 217 g/mol. The lowest BCUT2D eigenvalue weighted by Crippen LogP contribution is -2.39. The van der Waals surface area contributed by atoms with Crippen LogP contribution in [-0.4, -0.2) is 24.3 Å². The minimum atomic E-state index is -0.137. The van der Waals surface area contributed by atoms with Crippen molar-refractivity contribution in [2.24, 2.45) is 5.92 Å². The zero-order chi connectivity index (χ0) is 11.2. The van der Waals surface area contributed by atoms with E-state index in [0.717, 1.165) is 25.9 Å². The quantitative estimate of drug-likeness (QED) is 0.812. The molecule has 2 unspecified atom stereocenters. The molecule has 86 valence electrons. The molecule has 1 heterocycles. The number of allylic oxidation sites excluding steroid dienone is 1. The van der Waals surface area contributed by atoms with Crippen molar-refractivity contribution in [3.05, 3.63) is 42.0 Å². The van der Waals surface area contributed by atoms with Crippen LogP contribution < -0.4 is 5.32 Å². The highest BCUT2D eigenvalue weighted by Crippen LogP contribution is 2.16. The number of aliphatic hydroxyl groups excluding tert-OH is 1. The summed E-state index contributed by atoms with van der Waals surface area (Å²) < 4.78 is 0. The average Bonchev–Trinajstić information content (AvgIpc) is 2.33. The third kappa shape index (κ3) is 3.19. The van der Waals surface area contributed by atoms with Gasteiger partial charge in [0.25, 0.3) is 0 Å². The molecule has 16 heavy (non-hydrogen) atoms. The number of nitrogens with one attached hydrogen (secondary N) is 1. The van der Waals surface area contributed by atoms with Crippen molar-refractivity contribution < 1.29 is 5.11 Å². The van der Waals surface area contributed by atoms with Crippen molar-refractivity contribution in [2.45, 2.75) is 18.9 Å². The molecule has 0 radical (unpaired) electrons. The molecule has 1 fully saturated rings. The fourth-order valence-electron chi connectivity index (χ4n) is 2.09. The predicted molar refractivity (Wildman–Crippen MR) is 67.1 cm³/mol. The van der Waals surface area contributed by atoms with Crippen molar-refractivity contribution in [3.8, 4) is 0 Å². The first-order chi connectivity index (χ1) is 7.86. The zero-order valence-electron chi connectivity index (χ0n) is 9.47. The Labute approximate surface area is 97.0 Å². The summed E-state index contributed by atoms with van der Waals surface area (Å²) >= 11 is 0. The Balaban J connectivity index is 1.84. The molecule has 1 saturated heterocycles. The van der Waals surface area contributed by atoms with Gasteiger partial charge in [0.05, 0.1) is 6.10 Å². The van der Waals surface area contributed by atoms with Crippen molar-refractivity contribution in [1.82, 2.24) is 5.32 Å². The van der Waals surface area contributed by atoms with Crippen LogP contribution in [0.5, 0.6) is 0 Å². The number of benzene rings is 1. The SMILES string of the molecule is OC1CCNCC1C/C=C/c1ccccc1. The molecule has 0 amide bonds. The monoisotopic (exact) mass is 217 g/mol. The number of rotatable bonds is 3. The van der Waals surface area contributed by atoms with Crippen LogP contribution >= 0.6 is 0 Å². The van der Waals surface area contributed by atoms with E-state index in [-0.39, 0.29) is 6.10 Å². The van der Waals surface area contributed by atoms with E-state index in [2.05, 4.69) is 29.6 Å². The standard InChI is InChI=1S/C14H19NO/c16-14-9-10-15-11-13(14)8-4-7-12-5-2-1-3-6-12/h1-7,13-16H,8-11H2/b7-4+. The highest BCUT2D eigenvalue weighted by Gasteiger charge is 2.20. The smallest absolute Gasteiger partial charge is 0.0595 e. The van der Waals surface area contributed by atoms with E-state index in [1.165, 1.54) is 5.56 Å². The minimum Gasteiger partial charge on any atom is -0.393 e. The lowest BCUT2D eigenvalue weighted by atomic mass is 9.93. The molecule has 1 aliphatic heterocycles. The summed E-state index contributed by atoms with van der Waals surface area (Å²) in [5.41, 5.74) is 1.22. The van der Waals surface area contributed by atoms with E-state index in [9.17, 15) is 5.11 Å². The number of piperidine rings is 1. The molecule has 2 rings (SSSR count). The van der Waals surface area contributed by atoms with Gasteiger partial charge >= 0.3 is 0 Å². The lowest BCUT2D eigenvalue weighted by molar-refractivity contribution is 0.0806. The first-order valence-electron chi connectivity index (χ1n) is 5.96. The van der Waals surface area contributed by atoms with Crippen LogP contribution in [0.3, 0.4) is 0 Å². The predicted octanol–water partition coefficient (Wildman–Crippen LogP) is 2.06.